The zero-order valence-electron chi connectivity index (χ0n) is 15.7. The van der Waals surface area contributed by atoms with Crippen LogP contribution in [0, 0.1) is 29.6 Å². The van der Waals surface area contributed by atoms with Crippen LogP contribution < -0.4 is 0 Å². The van der Waals surface area contributed by atoms with Crippen LogP contribution in [0.15, 0.2) is 0 Å². The molecule has 0 heterocycles. The summed E-state index contributed by atoms with van der Waals surface area (Å²) in [5.74, 6) is 5.08. The fourth-order valence-electron chi connectivity index (χ4n) is 4.68. The minimum absolute atomic E-state index is 0.954. The van der Waals surface area contributed by atoms with Crippen molar-refractivity contribution in [3.05, 3.63) is 0 Å². The van der Waals surface area contributed by atoms with Crippen molar-refractivity contribution in [1.29, 1.82) is 0 Å². The predicted molar refractivity (Wildman–Crippen MR) is 96.6 cm³/mol. The maximum absolute atomic E-state index is 2.54. The van der Waals surface area contributed by atoms with Gasteiger partial charge in [0.05, 0.1) is 0 Å². The van der Waals surface area contributed by atoms with Crippen LogP contribution in [0.25, 0.3) is 0 Å². The van der Waals surface area contributed by atoms with Crippen LogP contribution in [0.2, 0.25) is 0 Å². The van der Waals surface area contributed by atoms with Crippen LogP contribution >= 0.6 is 0 Å². The summed E-state index contributed by atoms with van der Waals surface area (Å²) in [5, 5.41) is 0. The quantitative estimate of drug-likeness (QED) is 0.350. The van der Waals surface area contributed by atoms with Gasteiger partial charge >= 0.3 is 0 Å². The summed E-state index contributed by atoms with van der Waals surface area (Å²) in [6.45, 7) is 12.1. The fraction of sp³-hybridized carbons (Fsp3) is 1.00. The van der Waals surface area contributed by atoms with Crippen LogP contribution in [0.3, 0.4) is 0 Å². The van der Waals surface area contributed by atoms with Crippen molar-refractivity contribution in [3.8, 4) is 0 Å². The third kappa shape index (κ3) is 6.74. The SMILES string of the molecule is CCCCC(C)CCCC(C)C(CC)C1CC(CCC)C1. The van der Waals surface area contributed by atoms with E-state index in [1.54, 1.807) is 12.8 Å². The van der Waals surface area contributed by atoms with E-state index in [0.717, 1.165) is 29.6 Å². The van der Waals surface area contributed by atoms with Gasteiger partial charge in [0.15, 0.2) is 0 Å². The number of hydrogen-bond donors (Lipinski definition) is 0. The highest BCUT2D eigenvalue weighted by Crippen LogP contribution is 2.45. The van der Waals surface area contributed by atoms with E-state index in [1.165, 1.54) is 57.8 Å². The molecule has 0 heteroatoms. The Morgan fingerprint density at radius 3 is 2.10 bits per heavy atom. The van der Waals surface area contributed by atoms with E-state index >= 15 is 0 Å². The molecule has 1 rings (SSSR count). The average molecular weight is 295 g/mol. The van der Waals surface area contributed by atoms with Gasteiger partial charge in [-0.3, -0.25) is 0 Å². The molecule has 126 valence electrons. The molecule has 0 N–H and O–H groups in total. The number of rotatable bonds is 12. The van der Waals surface area contributed by atoms with Gasteiger partial charge in [-0.05, 0) is 42.4 Å². The highest BCUT2D eigenvalue weighted by atomic mass is 14.4. The van der Waals surface area contributed by atoms with Gasteiger partial charge in [0.1, 0.15) is 0 Å². The Balaban J connectivity index is 2.18. The summed E-state index contributed by atoms with van der Waals surface area (Å²) >= 11 is 0. The lowest BCUT2D eigenvalue weighted by Crippen LogP contribution is -2.33. The second-order valence-corrected chi connectivity index (χ2v) is 8.11. The Hall–Kier alpha value is 0. The van der Waals surface area contributed by atoms with E-state index in [1.807, 2.05) is 0 Å². The van der Waals surface area contributed by atoms with Gasteiger partial charge in [-0.1, -0.05) is 92.4 Å². The summed E-state index contributed by atoms with van der Waals surface area (Å²) in [7, 11) is 0. The van der Waals surface area contributed by atoms with E-state index < -0.39 is 0 Å². The Kier molecular flexibility index (Phi) is 9.69. The highest BCUT2D eigenvalue weighted by Gasteiger charge is 2.35. The molecule has 0 amide bonds. The third-order valence-electron chi connectivity index (χ3n) is 6.18. The lowest BCUT2D eigenvalue weighted by atomic mass is 9.63. The molecule has 0 aliphatic heterocycles. The number of unbranched alkanes of at least 4 members (excludes halogenated alkanes) is 1. The number of hydrogen-bond acceptors (Lipinski definition) is 0. The van der Waals surface area contributed by atoms with E-state index in [9.17, 15) is 0 Å². The normalized spacial score (nSPS) is 26.1. The second-order valence-electron chi connectivity index (χ2n) is 8.11. The summed E-state index contributed by atoms with van der Waals surface area (Å²) in [6, 6.07) is 0. The van der Waals surface area contributed by atoms with Gasteiger partial charge in [-0.2, -0.15) is 0 Å². The third-order valence-corrected chi connectivity index (χ3v) is 6.18. The Morgan fingerprint density at radius 1 is 0.857 bits per heavy atom. The smallest absolute Gasteiger partial charge is 0.0362 e. The molecule has 0 nitrogen and oxygen atoms in total. The van der Waals surface area contributed by atoms with E-state index in [0.29, 0.717) is 0 Å². The van der Waals surface area contributed by atoms with Crippen LogP contribution in [0.5, 0.6) is 0 Å². The van der Waals surface area contributed by atoms with Crippen molar-refractivity contribution in [2.24, 2.45) is 29.6 Å². The Morgan fingerprint density at radius 2 is 1.52 bits per heavy atom. The van der Waals surface area contributed by atoms with Crippen LogP contribution in [0.1, 0.15) is 105 Å². The first-order valence-corrected chi connectivity index (χ1v) is 10.1. The van der Waals surface area contributed by atoms with Crippen LogP contribution in [-0.4, -0.2) is 0 Å². The molecule has 1 aliphatic carbocycles. The monoisotopic (exact) mass is 294 g/mol. The maximum atomic E-state index is 2.54. The first-order valence-electron chi connectivity index (χ1n) is 10.1. The molecule has 0 aromatic rings. The van der Waals surface area contributed by atoms with Gasteiger partial charge in [-0.15, -0.1) is 0 Å². The summed E-state index contributed by atoms with van der Waals surface area (Å²) in [4.78, 5) is 0. The Labute approximate surface area is 135 Å². The van der Waals surface area contributed by atoms with E-state index in [4.69, 9.17) is 0 Å². The lowest BCUT2D eigenvalue weighted by molar-refractivity contribution is 0.0768. The molecule has 21 heavy (non-hydrogen) atoms. The highest BCUT2D eigenvalue weighted by molar-refractivity contribution is 4.86. The average Bonchev–Trinajstić information content (AvgIpc) is 2.43. The summed E-state index contributed by atoms with van der Waals surface area (Å²) < 4.78 is 0. The van der Waals surface area contributed by atoms with Crippen molar-refractivity contribution in [1.82, 2.24) is 0 Å². The van der Waals surface area contributed by atoms with E-state index in [2.05, 4.69) is 34.6 Å². The zero-order valence-corrected chi connectivity index (χ0v) is 15.7. The van der Waals surface area contributed by atoms with Gasteiger partial charge in [0, 0.05) is 0 Å². The summed E-state index contributed by atoms with van der Waals surface area (Å²) in [5.41, 5.74) is 0. The van der Waals surface area contributed by atoms with Gasteiger partial charge in [-0.25, -0.2) is 0 Å². The molecule has 0 aromatic heterocycles. The predicted octanol–water partition coefficient (Wildman–Crippen LogP) is 7.47. The first-order chi connectivity index (χ1) is 10.1. The van der Waals surface area contributed by atoms with Crippen LogP contribution in [-0.2, 0) is 0 Å². The van der Waals surface area contributed by atoms with Crippen molar-refractivity contribution < 1.29 is 0 Å². The minimum atomic E-state index is 0.954. The molecule has 3 unspecified atom stereocenters. The largest absolute Gasteiger partial charge is 0.0654 e. The van der Waals surface area contributed by atoms with Gasteiger partial charge < -0.3 is 0 Å². The molecule has 0 bridgehead atoms. The Bertz CT molecular complexity index is 238. The van der Waals surface area contributed by atoms with E-state index in [-0.39, 0.29) is 0 Å². The molecule has 1 fully saturated rings. The molecule has 1 aliphatic rings. The molecule has 0 aromatic carbocycles. The van der Waals surface area contributed by atoms with Crippen molar-refractivity contribution in [3.63, 3.8) is 0 Å². The lowest BCUT2D eigenvalue weighted by Gasteiger charge is -2.43. The molecular weight excluding hydrogens is 252 g/mol. The molecule has 0 radical (unpaired) electrons. The maximum Gasteiger partial charge on any atom is -0.0362 e. The minimum Gasteiger partial charge on any atom is -0.0654 e. The standard InChI is InChI=1S/C21H42/c1-6-9-12-17(4)13-10-14-18(5)21(8-3)20-15-19(16-20)11-7-2/h17-21H,6-16H2,1-5H3. The van der Waals surface area contributed by atoms with Crippen LogP contribution in [0.4, 0.5) is 0 Å². The first kappa shape index (κ1) is 19.0. The second kappa shape index (κ2) is 10.7. The molecule has 1 saturated carbocycles. The summed E-state index contributed by atoms with van der Waals surface area (Å²) in [6.07, 6.45) is 16.0. The molecule has 0 saturated heterocycles. The van der Waals surface area contributed by atoms with Gasteiger partial charge in [0.25, 0.3) is 0 Å². The topological polar surface area (TPSA) is 0 Å². The van der Waals surface area contributed by atoms with Crippen molar-refractivity contribution >= 4 is 0 Å². The molecular formula is C21H42. The molecule has 0 spiro atoms. The van der Waals surface area contributed by atoms with Crippen molar-refractivity contribution in [2.45, 2.75) is 105 Å². The van der Waals surface area contributed by atoms with Gasteiger partial charge in [0.2, 0.25) is 0 Å². The molecule has 3 atom stereocenters. The van der Waals surface area contributed by atoms with Crippen molar-refractivity contribution in [2.75, 3.05) is 0 Å². The fourth-order valence-corrected chi connectivity index (χ4v) is 4.68. The zero-order chi connectivity index (χ0) is 15.7.